The van der Waals surface area contributed by atoms with Gasteiger partial charge in [0.25, 0.3) is 0 Å². The summed E-state index contributed by atoms with van der Waals surface area (Å²) in [7, 11) is 0. The molecule has 4 atom stereocenters. The first-order valence-corrected chi connectivity index (χ1v) is 11.2. The number of Topliss-reactive ketones (excluding diaryl/α,β-unsaturated/α-hetero) is 1. The Balaban J connectivity index is 2.19. The van der Waals surface area contributed by atoms with E-state index in [-0.39, 0.29) is 25.4 Å². The molecule has 0 spiro atoms. The van der Waals surface area contributed by atoms with Crippen molar-refractivity contribution in [2.45, 2.75) is 78.0 Å². The molecule has 2 rings (SSSR count). The van der Waals surface area contributed by atoms with Crippen molar-refractivity contribution in [3.05, 3.63) is 35.9 Å². The Labute approximate surface area is 194 Å². The average molecular weight is 464 g/mol. The van der Waals surface area contributed by atoms with Gasteiger partial charge in [0, 0.05) is 26.8 Å². The highest BCUT2D eigenvalue weighted by atomic mass is 16.6. The molecule has 1 amide bonds. The second-order valence-corrected chi connectivity index (χ2v) is 8.11. The van der Waals surface area contributed by atoms with Crippen molar-refractivity contribution < 1.29 is 38.1 Å². The molecule has 9 nitrogen and oxygen atoms in total. The van der Waals surface area contributed by atoms with E-state index in [0.29, 0.717) is 6.54 Å². The first kappa shape index (κ1) is 26.3. The molecule has 1 heterocycles. The number of nitrogens with zero attached hydrogens (tertiary/aromatic N) is 1. The lowest BCUT2D eigenvalue weighted by atomic mass is 10.0. The molecule has 0 saturated carbocycles. The molecule has 1 aromatic rings. The first-order chi connectivity index (χ1) is 15.7. The summed E-state index contributed by atoms with van der Waals surface area (Å²) < 4.78 is 22.3. The zero-order chi connectivity index (χ0) is 24.4. The van der Waals surface area contributed by atoms with E-state index in [1.807, 2.05) is 37.3 Å². The molecule has 1 fully saturated rings. The second-order valence-electron chi connectivity index (χ2n) is 8.11. The van der Waals surface area contributed by atoms with Crippen LogP contribution in [0.25, 0.3) is 0 Å². The molecule has 33 heavy (non-hydrogen) atoms. The van der Waals surface area contributed by atoms with Gasteiger partial charge >= 0.3 is 18.0 Å². The lowest BCUT2D eigenvalue weighted by molar-refractivity contribution is -0.164. The standard InChI is InChI=1S/C24H33NO8/c1-5-6-12-25(24(29)30-15-19-10-8-7-9-11-19)14-21-23(32-18(4)28)22(31-17(3)27)20(33-21)13-16(2)26/h7-11,20-23H,5-6,12-15H2,1-4H3/t20-,21-,22+,23-/m1/s1. The van der Waals surface area contributed by atoms with E-state index in [1.54, 1.807) is 0 Å². The number of rotatable bonds is 11. The number of carbonyl (C=O) groups is 4. The minimum absolute atomic E-state index is 0.0143. The molecule has 0 radical (unpaired) electrons. The van der Waals surface area contributed by atoms with Crippen LogP contribution in [0.4, 0.5) is 4.79 Å². The number of hydrogen-bond acceptors (Lipinski definition) is 8. The third kappa shape index (κ3) is 8.49. The highest BCUT2D eigenvalue weighted by Crippen LogP contribution is 2.30. The van der Waals surface area contributed by atoms with Crippen molar-refractivity contribution in [1.82, 2.24) is 4.90 Å². The van der Waals surface area contributed by atoms with Crippen LogP contribution in [0, 0.1) is 0 Å². The van der Waals surface area contributed by atoms with Crippen LogP contribution in [0.1, 0.15) is 52.5 Å². The summed E-state index contributed by atoms with van der Waals surface area (Å²) in [6.07, 6.45) is -2.44. The van der Waals surface area contributed by atoms with E-state index < -0.39 is 42.4 Å². The summed E-state index contributed by atoms with van der Waals surface area (Å²) in [5, 5.41) is 0. The lowest BCUT2D eigenvalue weighted by Crippen LogP contribution is -2.46. The highest BCUT2D eigenvalue weighted by molar-refractivity contribution is 5.76. The Hall–Kier alpha value is -2.94. The van der Waals surface area contributed by atoms with Crippen molar-refractivity contribution in [2.75, 3.05) is 13.1 Å². The molecule has 9 heteroatoms. The van der Waals surface area contributed by atoms with Gasteiger partial charge in [-0.3, -0.25) is 14.4 Å². The van der Waals surface area contributed by atoms with Gasteiger partial charge in [0.1, 0.15) is 24.6 Å². The van der Waals surface area contributed by atoms with Gasteiger partial charge in [-0.2, -0.15) is 0 Å². The fraction of sp³-hybridized carbons (Fsp3) is 0.583. The van der Waals surface area contributed by atoms with Crippen molar-refractivity contribution in [3.63, 3.8) is 0 Å². The number of ketones is 1. The summed E-state index contributed by atoms with van der Waals surface area (Å²) in [6, 6.07) is 9.31. The van der Waals surface area contributed by atoms with Gasteiger partial charge in [-0.25, -0.2) is 4.79 Å². The summed E-state index contributed by atoms with van der Waals surface area (Å²) in [5.41, 5.74) is 0.854. The number of unbranched alkanes of at least 4 members (excludes halogenated alkanes) is 1. The molecule has 1 aliphatic rings. The minimum Gasteiger partial charge on any atom is -0.456 e. The van der Waals surface area contributed by atoms with Crippen LogP contribution in [-0.4, -0.2) is 66.2 Å². The smallest absolute Gasteiger partial charge is 0.410 e. The van der Waals surface area contributed by atoms with Gasteiger partial charge in [-0.15, -0.1) is 0 Å². The number of amides is 1. The molecule has 1 aromatic carbocycles. The molecule has 1 aliphatic heterocycles. The molecular weight excluding hydrogens is 430 g/mol. The zero-order valence-corrected chi connectivity index (χ0v) is 19.7. The minimum atomic E-state index is -0.957. The highest BCUT2D eigenvalue weighted by Gasteiger charge is 2.50. The number of hydrogen-bond donors (Lipinski definition) is 0. The molecule has 182 valence electrons. The Morgan fingerprint density at radius 3 is 2.09 bits per heavy atom. The van der Waals surface area contributed by atoms with Crippen LogP contribution < -0.4 is 0 Å². The van der Waals surface area contributed by atoms with Crippen molar-refractivity contribution in [1.29, 1.82) is 0 Å². The molecular formula is C24H33NO8. The Bertz CT molecular complexity index is 812. The van der Waals surface area contributed by atoms with Gasteiger partial charge in [-0.1, -0.05) is 43.7 Å². The summed E-state index contributed by atoms with van der Waals surface area (Å²) in [4.78, 5) is 49.5. The molecule has 1 saturated heterocycles. The predicted molar refractivity (Wildman–Crippen MR) is 118 cm³/mol. The number of esters is 2. The quantitative estimate of drug-likeness (QED) is 0.364. The van der Waals surface area contributed by atoms with Crippen LogP contribution in [0.2, 0.25) is 0 Å². The number of ether oxygens (including phenoxy) is 4. The van der Waals surface area contributed by atoms with Crippen LogP contribution in [0.5, 0.6) is 0 Å². The van der Waals surface area contributed by atoms with E-state index in [2.05, 4.69) is 0 Å². The SMILES string of the molecule is CCCCN(C[C@H]1O[C@H](CC(C)=O)[C@H](OC(C)=O)[C@@H]1OC(C)=O)C(=O)OCc1ccccc1. The van der Waals surface area contributed by atoms with E-state index in [1.165, 1.54) is 25.7 Å². The maximum absolute atomic E-state index is 12.9. The monoisotopic (exact) mass is 463 g/mol. The topological polar surface area (TPSA) is 108 Å². The molecule has 0 unspecified atom stereocenters. The molecule has 0 N–H and O–H groups in total. The Kier molecular flexibility index (Phi) is 10.3. The molecule has 0 aliphatic carbocycles. The van der Waals surface area contributed by atoms with Gasteiger partial charge in [0.2, 0.25) is 0 Å². The largest absolute Gasteiger partial charge is 0.456 e. The third-order valence-electron chi connectivity index (χ3n) is 5.14. The van der Waals surface area contributed by atoms with Crippen LogP contribution in [-0.2, 0) is 39.9 Å². The van der Waals surface area contributed by atoms with Gasteiger partial charge in [0.15, 0.2) is 12.2 Å². The van der Waals surface area contributed by atoms with Crippen LogP contribution >= 0.6 is 0 Å². The fourth-order valence-corrected chi connectivity index (χ4v) is 3.70. The first-order valence-electron chi connectivity index (χ1n) is 11.2. The Morgan fingerprint density at radius 2 is 1.55 bits per heavy atom. The molecule has 0 aromatic heterocycles. The third-order valence-corrected chi connectivity index (χ3v) is 5.14. The van der Waals surface area contributed by atoms with Crippen LogP contribution in [0.3, 0.4) is 0 Å². The number of benzene rings is 1. The van der Waals surface area contributed by atoms with E-state index in [4.69, 9.17) is 18.9 Å². The second kappa shape index (κ2) is 12.9. The fourth-order valence-electron chi connectivity index (χ4n) is 3.70. The Morgan fingerprint density at radius 1 is 0.939 bits per heavy atom. The van der Waals surface area contributed by atoms with Crippen LogP contribution in [0.15, 0.2) is 30.3 Å². The predicted octanol–water partition coefficient (Wildman–Crippen LogP) is 3.04. The lowest BCUT2D eigenvalue weighted by Gasteiger charge is -2.28. The van der Waals surface area contributed by atoms with Crippen molar-refractivity contribution in [3.8, 4) is 0 Å². The molecule has 0 bridgehead atoms. The van der Waals surface area contributed by atoms with Crippen molar-refractivity contribution in [2.24, 2.45) is 0 Å². The van der Waals surface area contributed by atoms with Gasteiger partial charge in [0.05, 0.1) is 6.54 Å². The maximum atomic E-state index is 12.9. The van der Waals surface area contributed by atoms with Gasteiger partial charge in [-0.05, 0) is 18.9 Å². The van der Waals surface area contributed by atoms with Gasteiger partial charge < -0.3 is 23.8 Å². The average Bonchev–Trinajstić information content (AvgIpc) is 3.04. The normalized spacial score (nSPS) is 21.8. The van der Waals surface area contributed by atoms with Crippen molar-refractivity contribution >= 4 is 23.8 Å². The van der Waals surface area contributed by atoms with E-state index in [9.17, 15) is 19.2 Å². The summed E-state index contributed by atoms with van der Waals surface area (Å²) >= 11 is 0. The number of carbonyl (C=O) groups excluding carboxylic acids is 4. The van der Waals surface area contributed by atoms with E-state index >= 15 is 0 Å². The summed E-state index contributed by atoms with van der Waals surface area (Å²) in [6.45, 7) is 6.45. The van der Waals surface area contributed by atoms with E-state index in [0.717, 1.165) is 18.4 Å². The zero-order valence-electron chi connectivity index (χ0n) is 19.7. The summed E-state index contributed by atoms with van der Waals surface area (Å²) in [5.74, 6) is -1.33. The maximum Gasteiger partial charge on any atom is 0.410 e.